The van der Waals surface area contributed by atoms with Crippen molar-refractivity contribution in [2.75, 3.05) is 0 Å². The minimum Gasteiger partial charge on any atom is -0.444 e. The van der Waals surface area contributed by atoms with Gasteiger partial charge in [-0.2, -0.15) is 0 Å². The summed E-state index contributed by atoms with van der Waals surface area (Å²) in [5.74, 6) is -0.190. The van der Waals surface area contributed by atoms with Crippen molar-refractivity contribution >= 4 is 11.9 Å². The fraction of sp³-hybridized carbons (Fsp3) is 0.412. The van der Waals surface area contributed by atoms with Crippen LogP contribution in [0.2, 0.25) is 0 Å². The van der Waals surface area contributed by atoms with Crippen LogP contribution in [-0.2, 0) is 16.0 Å². The van der Waals surface area contributed by atoms with Crippen LogP contribution >= 0.6 is 0 Å². The van der Waals surface area contributed by atoms with Gasteiger partial charge in [0, 0.05) is 6.42 Å². The fourth-order valence-corrected chi connectivity index (χ4v) is 1.81. The number of ketones is 1. The van der Waals surface area contributed by atoms with E-state index < -0.39 is 17.7 Å². The lowest BCUT2D eigenvalue weighted by Crippen LogP contribution is -2.45. The Kier molecular flexibility index (Phi) is 5.70. The maximum Gasteiger partial charge on any atom is 0.408 e. The van der Waals surface area contributed by atoms with Gasteiger partial charge in [-0.05, 0) is 38.8 Å². The number of alkyl carbamates (subject to hydrolysis) is 1. The predicted molar refractivity (Wildman–Crippen MR) is 83.1 cm³/mol. The Morgan fingerprint density at radius 1 is 1.24 bits per heavy atom. The lowest BCUT2D eigenvalue weighted by Gasteiger charge is -2.23. The molecule has 1 N–H and O–H groups in total. The van der Waals surface area contributed by atoms with E-state index in [4.69, 9.17) is 4.74 Å². The second kappa shape index (κ2) is 7.07. The van der Waals surface area contributed by atoms with Gasteiger partial charge in [0.1, 0.15) is 5.60 Å². The smallest absolute Gasteiger partial charge is 0.408 e. The van der Waals surface area contributed by atoms with Crippen molar-refractivity contribution in [3.8, 4) is 0 Å². The van der Waals surface area contributed by atoms with Crippen molar-refractivity contribution < 1.29 is 14.3 Å². The average Bonchev–Trinajstić information content (AvgIpc) is 2.36. The fourth-order valence-electron chi connectivity index (χ4n) is 1.81. The lowest BCUT2D eigenvalue weighted by molar-refractivity contribution is -0.117. The molecule has 0 aromatic heterocycles. The number of carbonyl (C=O) groups excluding carboxylic acids is 2. The highest BCUT2D eigenvalue weighted by Gasteiger charge is 2.24. The molecule has 0 spiro atoms. The van der Waals surface area contributed by atoms with Gasteiger partial charge in [0.2, 0.25) is 0 Å². The zero-order chi connectivity index (χ0) is 16.0. The van der Waals surface area contributed by atoms with E-state index in [1.54, 1.807) is 27.7 Å². The molecule has 1 atom stereocenters. The average molecular weight is 289 g/mol. The summed E-state index contributed by atoms with van der Waals surface area (Å²) < 4.78 is 5.20. The van der Waals surface area contributed by atoms with Crippen LogP contribution in [-0.4, -0.2) is 23.5 Å². The Balaban J connectivity index is 2.81. The van der Waals surface area contributed by atoms with Gasteiger partial charge in [0.25, 0.3) is 0 Å². The Morgan fingerprint density at radius 3 is 2.29 bits per heavy atom. The normalized spacial score (nSPS) is 12.4. The molecule has 0 saturated carbocycles. The van der Waals surface area contributed by atoms with Gasteiger partial charge in [-0.15, -0.1) is 0 Å². The molecule has 1 aromatic rings. The van der Waals surface area contributed by atoms with Crippen molar-refractivity contribution in [2.24, 2.45) is 0 Å². The maximum absolute atomic E-state index is 12.2. The van der Waals surface area contributed by atoms with E-state index in [-0.39, 0.29) is 5.78 Å². The van der Waals surface area contributed by atoms with Crippen LogP contribution in [0.5, 0.6) is 0 Å². The topological polar surface area (TPSA) is 55.4 Å². The van der Waals surface area contributed by atoms with Crippen molar-refractivity contribution in [3.05, 3.63) is 48.0 Å². The SMILES string of the molecule is C=C(C)C(=O)[C@H](Cc1ccccc1)NC(=O)OC(C)(C)C. The molecule has 1 amide bonds. The molecule has 0 bridgehead atoms. The number of amides is 1. The van der Waals surface area contributed by atoms with E-state index in [0.717, 1.165) is 5.56 Å². The first-order valence-electron chi connectivity index (χ1n) is 6.92. The van der Waals surface area contributed by atoms with E-state index in [1.165, 1.54) is 0 Å². The Labute approximate surface area is 126 Å². The number of rotatable bonds is 5. The van der Waals surface area contributed by atoms with Gasteiger partial charge >= 0.3 is 6.09 Å². The molecule has 0 aliphatic heterocycles. The standard InChI is InChI=1S/C17H23NO3/c1-12(2)15(19)14(11-13-9-7-6-8-10-13)18-16(20)21-17(3,4)5/h6-10,14H,1,11H2,2-5H3,(H,18,20)/t14-/m0/s1. The second-order valence-electron chi connectivity index (χ2n) is 6.03. The van der Waals surface area contributed by atoms with Crippen LogP contribution in [0.1, 0.15) is 33.3 Å². The largest absolute Gasteiger partial charge is 0.444 e. The van der Waals surface area contributed by atoms with Crippen molar-refractivity contribution in [1.29, 1.82) is 0 Å². The van der Waals surface area contributed by atoms with Crippen molar-refractivity contribution in [3.63, 3.8) is 0 Å². The summed E-state index contributed by atoms with van der Waals surface area (Å²) in [6.45, 7) is 10.6. The molecule has 0 aliphatic rings. The summed E-state index contributed by atoms with van der Waals surface area (Å²) in [5, 5.41) is 2.63. The summed E-state index contributed by atoms with van der Waals surface area (Å²) in [6, 6.07) is 8.85. The van der Waals surface area contributed by atoms with Gasteiger partial charge < -0.3 is 10.1 Å². The first kappa shape index (κ1) is 17.0. The molecule has 114 valence electrons. The summed E-state index contributed by atoms with van der Waals surface area (Å²) in [4.78, 5) is 24.0. The highest BCUT2D eigenvalue weighted by Crippen LogP contribution is 2.10. The minimum atomic E-state index is -0.667. The molecule has 4 heteroatoms. The molecule has 0 unspecified atom stereocenters. The number of hydrogen-bond donors (Lipinski definition) is 1. The Bertz CT molecular complexity index is 515. The molecule has 0 saturated heterocycles. The number of nitrogens with one attached hydrogen (secondary N) is 1. The molecule has 1 aromatic carbocycles. The number of hydrogen-bond acceptors (Lipinski definition) is 3. The number of Topliss-reactive ketones (excluding diaryl/α,β-unsaturated/α-hetero) is 1. The van der Waals surface area contributed by atoms with Gasteiger partial charge in [-0.25, -0.2) is 4.79 Å². The molecule has 21 heavy (non-hydrogen) atoms. The van der Waals surface area contributed by atoms with Crippen LogP contribution in [0, 0.1) is 0 Å². The molecule has 0 aliphatic carbocycles. The van der Waals surface area contributed by atoms with Crippen molar-refractivity contribution in [2.45, 2.75) is 45.8 Å². The predicted octanol–water partition coefficient (Wildman–Crippen LogP) is 3.27. The number of carbonyl (C=O) groups is 2. The number of benzene rings is 1. The van der Waals surface area contributed by atoms with E-state index in [1.807, 2.05) is 30.3 Å². The third kappa shape index (κ3) is 6.25. The monoisotopic (exact) mass is 289 g/mol. The zero-order valence-corrected chi connectivity index (χ0v) is 13.1. The highest BCUT2D eigenvalue weighted by molar-refractivity contribution is 6.00. The molecular formula is C17H23NO3. The maximum atomic E-state index is 12.2. The Morgan fingerprint density at radius 2 is 1.81 bits per heavy atom. The lowest BCUT2D eigenvalue weighted by atomic mass is 9.99. The van der Waals surface area contributed by atoms with Crippen LogP contribution in [0.15, 0.2) is 42.5 Å². The molecule has 4 nitrogen and oxygen atoms in total. The van der Waals surface area contributed by atoms with E-state index in [0.29, 0.717) is 12.0 Å². The van der Waals surface area contributed by atoms with Crippen LogP contribution in [0.4, 0.5) is 4.79 Å². The second-order valence-corrected chi connectivity index (χ2v) is 6.03. The molecule has 0 fully saturated rings. The van der Waals surface area contributed by atoms with E-state index in [2.05, 4.69) is 11.9 Å². The third-order valence-corrected chi connectivity index (χ3v) is 2.71. The number of ether oxygens (including phenoxy) is 1. The molecule has 1 rings (SSSR count). The van der Waals surface area contributed by atoms with Crippen LogP contribution in [0.3, 0.4) is 0 Å². The summed E-state index contributed by atoms with van der Waals surface area (Å²) in [5.41, 5.74) is 0.772. The van der Waals surface area contributed by atoms with E-state index >= 15 is 0 Å². The summed E-state index contributed by atoms with van der Waals surface area (Å²) in [6.07, 6.45) is -0.191. The third-order valence-electron chi connectivity index (χ3n) is 2.71. The molecule has 0 radical (unpaired) electrons. The van der Waals surface area contributed by atoms with Gasteiger partial charge in [0.15, 0.2) is 5.78 Å². The summed E-state index contributed by atoms with van der Waals surface area (Å²) >= 11 is 0. The Hall–Kier alpha value is -2.10. The van der Waals surface area contributed by atoms with Crippen molar-refractivity contribution in [1.82, 2.24) is 5.32 Å². The van der Waals surface area contributed by atoms with Gasteiger partial charge in [-0.3, -0.25) is 4.79 Å². The van der Waals surface area contributed by atoms with E-state index in [9.17, 15) is 9.59 Å². The summed E-state index contributed by atoms with van der Waals surface area (Å²) in [7, 11) is 0. The quantitative estimate of drug-likeness (QED) is 0.846. The molecular weight excluding hydrogens is 266 g/mol. The van der Waals surface area contributed by atoms with Gasteiger partial charge in [-0.1, -0.05) is 36.9 Å². The minimum absolute atomic E-state index is 0.190. The molecule has 0 heterocycles. The highest BCUT2D eigenvalue weighted by atomic mass is 16.6. The van der Waals surface area contributed by atoms with Crippen LogP contribution < -0.4 is 5.32 Å². The van der Waals surface area contributed by atoms with Gasteiger partial charge in [0.05, 0.1) is 6.04 Å². The first-order valence-corrected chi connectivity index (χ1v) is 6.92. The van der Waals surface area contributed by atoms with Crippen LogP contribution in [0.25, 0.3) is 0 Å². The first-order chi connectivity index (χ1) is 9.69. The zero-order valence-electron chi connectivity index (χ0n) is 13.1.